The molecule has 2 heterocycles. The number of aromatic nitrogens is 2. The number of anilines is 1. The summed E-state index contributed by atoms with van der Waals surface area (Å²) in [6, 6.07) is 4.06. The van der Waals surface area contributed by atoms with E-state index < -0.39 is 6.29 Å². The Hall–Kier alpha value is -1.94. The highest BCUT2D eigenvalue weighted by Crippen LogP contribution is 2.42. The number of hydrogen-bond acceptors (Lipinski definition) is 7. The molecule has 1 N–H and O–H groups in total. The Morgan fingerprint density at radius 3 is 2.86 bits per heavy atom. The largest absolute Gasteiger partial charge is 0.586 e. The molecule has 6 nitrogen and oxygen atoms in total. The molecule has 1 aliphatic rings. The van der Waals surface area contributed by atoms with Crippen LogP contribution in [0.3, 0.4) is 0 Å². The van der Waals surface area contributed by atoms with Crippen LogP contribution in [0.1, 0.15) is 5.01 Å². The van der Waals surface area contributed by atoms with Gasteiger partial charge in [-0.2, -0.15) is 0 Å². The summed E-state index contributed by atoms with van der Waals surface area (Å²) in [5.74, 6) is -0.334. The summed E-state index contributed by atoms with van der Waals surface area (Å²) in [6.45, 7) is 1.82. The summed E-state index contributed by atoms with van der Waals surface area (Å²) in [5.41, 5.74) is 0.346. The monoisotopic (exact) mass is 345 g/mol. The van der Waals surface area contributed by atoms with Crippen molar-refractivity contribution in [2.45, 2.75) is 17.6 Å². The van der Waals surface area contributed by atoms with Crippen molar-refractivity contribution in [2.24, 2.45) is 0 Å². The van der Waals surface area contributed by atoms with Crippen LogP contribution in [-0.2, 0) is 4.79 Å². The first kappa shape index (κ1) is 15.0. The lowest BCUT2D eigenvalue weighted by molar-refractivity contribution is -0.286. The highest BCUT2D eigenvalue weighted by atomic mass is 32.2. The second-order valence-electron chi connectivity index (χ2n) is 4.25. The molecule has 116 valence electrons. The topological polar surface area (TPSA) is 73.3 Å². The van der Waals surface area contributed by atoms with E-state index in [0.29, 0.717) is 10.0 Å². The van der Waals surface area contributed by atoms with Gasteiger partial charge in [0.05, 0.1) is 5.75 Å². The molecule has 0 atom stereocenters. The molecule has 0 bridgehead atoms. The number of nitrogens with one attached hydrogen (secondary N) is 1. The fourth-order valence-corrected chi connectivity index (χ4v) is 3.30. The molecule has 1 amide bonds. The molecular weight excluding hydrogens is 336 g/mol. The van der Waals surface area contributed by atoms with Crippen molar-refractivity contribution in [2.75, 3.05) is 11.1 Å². The number of rotatable bonds is 4. The summed E-state index contributed by atoms with van der Waals surface area (Å²) in [4.78, 5) is 11.8. The Morgan fingerprint density at radius 2 is 2.14 bits per heavy atom. The van der Waals surface area contributed by atoms with E-state index in [4.69, 9.17) is 0 Å². The number of fused-ring (bicyclic) bond motifs is 1. The van der Waals surface area contributed by atoms with Gasteiger partial charge in [0.1, 0.15) is 5.01 Å². The first-order valence-corrected chi connectivity index (χ1v) is 7.84. The number of halogens is 2. The van der Waals surface area contributed by atoms with Crippen LogP contribution in [0.25, 0.3) is 0 Å². The van der Waals surface area contributed by atoms with Crippen molar-refractivity contribution >= 4 is 34.7 Å². The van der Waals surface area contributed by atoms with E-state index in [9.17, 15) is 13.6 Å². The minimum Gasteiger partial charge on any atom is -0.395 e. The number of carbonyl (C=O) groups excluding carboxylic acids is 1. The normalized spacial score (nSPS) is 14.9. The minimum atomic E-state index is -3.67. The van der Waals surface area contributed by atoms with Gasteiger partial charge >= 0.3 is 6.29 Å². The molecule has 2 aromatic rings. The molecule has 1 aromatic carbocycles. The minimum absolute atomic E-state index is 0.0679. The van der Waals surface area contributed by atoms with Gasteiger partial charge in [0.25, 0.3) is 0 Å². The van der Waals surface area contributed by atoms with Crippen molar-refractivity contribution in [1.29, 1.82) is 0 Å². The van der Waals surface area contributed by atoms with Gasteiger partial charge in [-0.3, -0.25) is 4.79 Å². The average molecular weight is 345 g/mol. The number of alkyl halides is 2. The van der Waals surface area contributed by atoms with E-state index in [0.717, 1.165) is 5.01 Å². The van der Waals surface area contributed by atoms with Gasteiger partial charge < -0.3 is 14.8 Å². The predicted octanol–water partition coefficient (Wildman–Crippen LogP) is 2.90. The Labute approximate surface area is 131 Å². The van der Waals surface area contributed by atoms with E-state index in [1.807, 2.05) is 6.92 Å². The van der Waals surface area contributed by atoms with Crippen molar-refractivity contribution in [3.8, 4) is 11.5 Å². The quantitative estimate of drug-likeness (QED) is 0.859. The van der Waals surface area contributed by atoms with Crippen LogP contribution in [-0.4, -0.2) is 28.2 Å². The molecule has 3 rings (SSSR count). The van der Waals surface area contributed by atoms with Crippen LogP contribution in [0, 0.1) is 6.92 Å². The molecule has 0 unspecified atom stereocenters. The fraction of sp³-hybridized carbons (Fsp3) is 0.250. The maximum absolute atomic E-state index is 12.9. The number of thioether (sulfide) groups is 1. The zero-order valence-corrected chi connectivity index (χ0v) is 12.8. The molecule has 0 saturated heterocycles. The molecule has 22 heavy (non-hydrogen) atoms. The van der Waals surface area contributed by atoms with Crippen LogP contribution in [0.5, 0.6) is 11.5 Å². The van der Waals surface area contributed by atoms with Crippen LogP contribution >= 0.6 is 23.1 Å². The second kappa shape index (κ2) is 5.69. The Morgan fingerprint density at radius 1 is 1.36 bits per heavy atom. The van der Waals surface area contributed by atoms with Crippen molar-refractivity contribution in [1.82, 2.24) is 10.2 Å². The summed E-state index contributed by atoms with van der Waals surface area (Å²) in [5, 5.41) is 11.1. The van der Waals surface area contributed by atoms with Gasteiger partial charge in [0.15, 0.2) is 15.8 Å². The SMILES string of the molecule is Cc1nnc(SCC(=O)Nc2ccc3c(c2)OC(F)(F)O3)s1. The van der Waals surface area contributed by atoms with E-state index in [-0.39, 0.29) is 23.2 Å². The van der Waals surface area contributed by atoms with Crippen LogP contribution in [0.15, 0.2) is 22.5 Å². The molecular formula is C12H9F2N3O3S2. The van der Waals surface area contributed by atoms with Crippen LogP contribution in [0.4, 0.5) is 14.5 Å². The summed E-state index contributed by atoms with van der Waals surface area (Å²) in [7, 11) is 0. The van der Waals surface area contributed by atoms with E-state index >= 15 is 0 Å². The molecule has 0 fully saturated rings. The lowest BCUT2D eigenvalue weighted by Gasteiger charge is -2.05. The first-order valence-electron chi connectivity index (χ1n) is 6.04. The van der Waals surface area contributed by atoms with Gasteiger partial charge in [-0.05, 0) is 19.1 Å². The van der Waals surface area contributed by atoms with E-state index in [2.05, 4.69) is 25.0 Å². The number of aryl methyl sites for hydroxylation is 1. The third kappa shape index (κ3) is 3.45. The van der Waals surface area contributed by atoms with Gasteiger partial charge in [-0.1, -0.05) is 23.1 Å². The first-order chi connectivity index (χ1) is 10.4. The molecule has 10 heteroatoms. The number of nitrogens with zero attached hydrogens (tertiary/aromatic N) is 2. The molecule has 1 aliphatic heterocycles. The molecule has 0 radical (unpaired) electrons. The lowest BCUT2D eigenvalue weighted by Crippen LogP contribution is -2.25. The number of ether oxygens (including phenoxy) is 2. The van der Waals surface area contributed by atoms with Gasteiger partial charge in [0, 0.05) is 11.8 Å². The van der Waals surface area contributed by atoms with Gasteiger partial charge in [0.2, 0.25) is 5.91 Å². The third-order valence-corrected chi connectivity index (χ3v) is 4.49. The number of benzene rings is 1. The highest BCUT2D eigenvalue weighted by Gasteiger charge is 2.43. The lowest BCUT2D eigenvalue weighted by atomic mass is 10.3. The van der Waals surface area contributed by atoms with E-state index in [1.165, 1.54) is 41.3 Å². The predicted molar refractivity (Wildman–Crippen MR) is 76.6 cm³/mol. The highest BCUT2D eigenvalue weighted by molar-refractivity contribution is 8.01. The Balaban J connectivity index is 1.58. The van der Waals surface area contributed by atoms with Crippen molar-refractivity contribution in [3.63, 3.8) is 0 Å². The number of amides is 1. The standard InChI is InChI=1S/C12H9F2N3O3S2/c1-6-16-17-11(22-6)21-5-10(18)15-7-2-3-8-9(4-7)20-12(13,14)19-8/h2-4H,5H2,1H3,(H,15,18). The van der Waals surface area contributed by atoms with E-state index in [1.54, 1.807) is 0 Å². The average Bonchev–Trinajstić information content (AvgIpc) is 2.97. The molecule has 0 spiro atoms. The molecule has 0 aliphatic carbocycles. The number of hydrogen-bond donors (Lipinski definition) is 1. The van der Waals surface area contributed by atoms with Gasteiger partial charge in [-0.15, -0.1) is 19.0 Å². The zero-order chi connectivity index (χ0) is 15.7. The third-order valence-electron chi connectivity index (χ3n) is 2.52. The van der Waals surface area contributed by atoms with Crippen molar-refractivity contribution < 1.29 is 23.0 Å². The summed E-state index contributed by atoms with van der Waals surface area (Å²) < 4.78 is 35.1. The second-order valence-corrected chi connectivity index (χ2v) is 6.66. The van der Waals surface area contributed by atoms with Crippen molar-refractivity contribution in [3.05, 3.63) is 23.2 Å². The Bertz CT molecular complexity index is 723. The molecule has 1 aromatic heterocycles. The smallest absolute Gasteiger partial charge is 0.395 e. The Kier molecular flexibility index (Phi) is 3.87. The summed E-state index contributed by atoms with van der Waals surface area (Å²) >= 11 is 2.64. The maximum atomic E-state index is 12.9. The van der Waals surface area contributed by atoms with Crippen LogP contribution < -0.4 is 14.8 Å². The van der Waals surface area contributed by atoms with Gasteiger partial charge in [-0.25, -0.2) is 0 Å². The fourth-order valence-electron chi connectivity index (χ4n) is 1.69. The number of carbonyl (C=O) groups is 1. The summed E-state index contributed by atoms with van der Waals surface area (Å²) in [6.07, 6.45) is -3.67. The zero-order valence-electron chi connectivity index (χ0n) is 11.1. The maximum Gasteiger partial charge on any atom is 0.586 e. The van der Waals surface area contributed by atoms with Crippen LogP contribution in [0.2, 0.25) is 0 Å². The molecule has 0 saturated carbocycles.